The maximum Gasteiger partial charge on any atom is 0.155 e. The second kappa shape index (κ2) is 4.98. The van der Waals surface area contributed by atoms with Gasteiger partial charge in [0.2, 0.25) is 0 Å². The van der Waals surface area contributed by atoms with E-state index in [0.29, 0.717) is 5.82 Å². The van der Waals surface area contributed by atoms with Crippen molar-refractivity contribution in [2.75, 3.05) is 11.9 Å². The summed E-state index contributed by atoms with van der Waals surface area (Å²) in [6.07, 6.45) is 3.03. The Morgan fingerprint density at radius 2 is 2.05 bits per heavy atom. The van der Waals surface area contributed by atoms with Crippen LogP contribution in [0.15, 0.2) is 36.5 Å². The fourth-order valence-corrected chi connectivity index (χ4v) is 3.08. The summed E-state index contributed by atoms with van der Waals surface area (Å²) in [7, 11) is 0.719. The molecule has 3 rings (SSSR count). The fourth-order valence-electron chi connectivity index (χ4n) is 2.19. The normalized spacial score (nSPS) is 11.6. The van der Waals surface area contributed by atoms with Gasteiger partial charge in [-0.25, -0.2) is 0 Å². The number of hydrogen-bond acceptors (Lipinski definition) is 3. The zero-order valence-electron chi connectivity index (χ0n) is 10.6. The van der Waals surface area contributed by atoms with Gasteiger partial charge in [-0.15, -0.1) is 0 Å². The van der Waals surface area contributed by atoms with E-state index in [4.69, 9.17) is 5.73 Å². The number of aromatic nitrogens is 3. The minimum atomic E-state index is 0.518. The second-order valence-corrected chi connectivity index (χ2v) is 5.88. The monoisotopic (exact) mass is 270 g/mol. The molecule has 0 aliphatic carbocycles. The first-order valence-electron chi connectivity index (χ1n) is 6.23. The molecule has 0 aliphatic heterocycles. The first kappa shape index (κ1) is 12.1. The molecule has 3 N–H and O–H groups in total. The van der Waals surface area contributed by atoms with Gasteiger partial charge in [0.05, 0.1) is 16.6 Å². The molecular weight excluding hydrogens is 255 g/mol. The standard InChI is InChI=1S/C14H15N4P/c1-2-19-10-8-16-12(9-6-4-3-5-7-9)11-13(10)17-18-14(11)15/h3-8,19H,2H2,1H3,(H3,15,17,18). The lowest BCUT2D eigenvalue weighted by Crippen LogP contribution is -2.01. The topological polar surface area (TPSA) is 67.6 Å². The Kier molecular flexibility index (Phi) is 3.18. The molecule has 19 heavy (non-hydrogen) atoms. The first-order valence-corrected chi connectivity index (χ1v) is 7.43. The highest BCUT2D eigenvalue weighted by Crippen LogP contribution is 2.30. The van der Waals surface area contributed by atoms with Gasteiger partial charge in [0.25, 0.3) is 0 Å². The predicted octanol–water partition coefficient (Wildman–Crippen LogP) is 2.53. The predicted molar refractivity (Wildman–Crippen MR) is 82.2 cm³/mol. The van der Waals surface area contributed by atoms with Crippen molar-refractivity contribution in [2.45, 2.75) is 6.92 Å². The van der Waals surface area contributed by atoms with Crippen molar-refractivity contribution < 1.29 is 0 Å². The van der Waals surface area contributed by atoms with E-state index in [1.165, 1.54) is 5.30 Å². The molecule has 0 saturated heterocycles. The molecule has 1 aromatic carbocycles. The maximum absolute atomic E-state index is 6.00. The van der Waals surface area contributed by atoms with E-state index in [1.54, 1.807) is 0 Å². The van der Waals surface area contributed by atoms with Crippen molar-refractivity contribution >= 4 is 30.6 Å². The van der Waals surface area contributed by atoms with Gasteiger partial charge in [0.15, 0.2) is 5.82 Å². The molecule has 0 aliphatic rings. The third-order valence-corrected chi connectivity index (χ3v) is 4.15. The SMILES string of the molecule is CCPc1cnc(-c2ccccc2)c2c(N)n[nH]c12. The van der Waals surface area contributed by atoms with Crippen LogP contribution in [-0.4, -0.2) is 21.3 Å². The number of nitrogens with two attached hydrogens (primary N) is 1. The van der Waals surface area contributed by atoms with Crippen LogP contribution < -0.4 is 11.0 Å². The molecule has 0 bridgehead atoms. The summed E-state index contributed by atoms with van der Waals surface area (Å²) in [5.41, 5.74) is 8.98. The summed E-state index contributed by atoms with van der Waals surface area (Å²) in [6, 6.07) is 10.1. The van der Waals surface area contributed by atoms with Crippen molar-refractivity contribution in [3.63, 3.8) is 0 Å². The van der Waals surface area contributed by atoms with Crippen LogP contribution in [0.3, 0.4) is 0 Å². The number of nitrogens with one attached hydrogen (secondary N) is 1. The minimum Gasteiger partial charge on any atom is -0.382 e. The maximum atomic E-state index is 6.00. The van der Waals surface area contributed by atoms with Gasteiger partial charge in [-0.3, -0.25) is 10.1 Å². The molecule has 4 nitrogen and oxygen atoms in total. The number of nitrogen functional groups attached to an aromatic ring is 1. The van der Waals surface area contributed by atoms with Crippen LogP contribution in [0.5, 0.6) is 0 Å². The summed E-state index contributed by atoms with van der Waals surface area (Å²) in [5.74, 6) is 0.518. The molecule has 0 fully saturated rings. The number of nitrogens with zero attached hydrogens (tertiary/aromatic N) is 2. The van der Waals surface area contributed by atoms with Gasteiger partial charge in [-0.2, -0.15) is 5.10 Å². The molecular formula is C14H15N4P. The zero-order valence-corrected chi connectivity index (χ0v) is 11.6. The van der Waals surface area contributed by atoms with Crippen molar-refractivity contribution in [1.29, 1.82) is 0 Å². The van der Waals surface area contributed by atoms with Gasteiger partial charge in [0, 0.05) is 17.1 Å². The molecule has 0 radical (unpaired) electrons. The molecule has 0 saturated carbocycles. The molecule has 2 aromatic heterocycles. The Labute approximate surface area is 113 Å². The fraction of sp³-hybridized carbons (Fsp3) is 0.143. The number of H-pyrrole nitrogens is 1. The smallest absolute Gasteiger partial charge is 0.155 e. The molecule has 5 heteroatoms. The average molecular weight is 270 g/mol. The summed E-state index contributed by atoms with van der Waals surface area (Å²) in [5, 5.41) is 9.32. The number of hydrogen-bond donors (Lipinski definition) is 2. The Balaban J connectivity index is 2.27. The van der Waals surface area contributed by atoms with Gasteiger partial charge >= 0.3 is 0 Å². The van der Waals surface area contributed by atoms with E-state index in [2.05, 4.69) is 22.1 Å². The van der Waals surface area contributed by atoms with Crippen LogP contribution in [0.2, 0.25) is 0 Å². The van der Waals surface area contributed by atoms with Crippen LogP contribution in [0.1, 0.15) is 6.92 Å². The van der Waals surface area contributed by atoms with E-state index in [9.17, 15) is 0 Å². The van der Waals surface area contributed by atoms with Crippen LogP contribution >= 0.6 is 8.58 Å². The number of fused-ring (bicyclic) bond motifs is 1. The summed E-state index contributed by atoms with van der Waals surface area (Å²) < 4.78 is 0. The Bertz CT molecular complexity index is 706. The second-order valence-electron chi connectivity index (χ2n) is 4.28. The minimum absolute atomic E-state index is 0.518. The molecule has 3 aromatic rings. The van der Waals surface area contributed by atoms with Crippen molar-refractivity contribution in [3.8, 4) is 11.3 Å². The zero-order chi connectivity index (χ0) is 13.2. The third kappa shape index (κ3) is 2.08. The largest absolute Gasteiger partial charge is 0.382 e. The Hall–Kier alpha value is -1.93. The van der Waals surface area contributed by atoms with Crippen LogP contribution in [0.25, 0.3) is 22.2 Å². The van der Waals surface area contributed by atoms with Gasteiger partial charge in [0.1, 0.15) is 0 Å². The molecule has 1 unspecified atom stereocenters. The highest BCUT2D eigenvalue weighted by atomic mass is 31.1. The summed E-state index contributed by atoms with van der Waals surface area (Å²) >= 11 is 0. The molecule has 1 atom stereocenters. The quantitative estimate of drug-likeness (QED) is 0.719. The first-order chi connectivity index (χ1) is 9.31. The van der Waals surface area contributed by atoms with Crippen LogP contribution in [0, 0.1) is 0 Å². The molecule has 96 valence electrons. The van der Waals surface area contributed by atoms with E-state index in [0.717, 1.165) is 36.9 Å². The van der Waals surface area contributed by atoms with Crippen molar-refractivity contribution in [2.24, 2.45) is 0 Å². The Morgan fingerprint density at radius 1 is 1.26 bits per heavy atom. The van der Waals surface area contributed by atoms with Crippen molar-refractivity contribution in [1.82, 2.24) is 15.2 Å². The van der Waals surface area contributed by atoms with E-state index in [-0.39, 0.29) is 0 Å². The highest BCUT2D eigenvalue weighted by molar-refractivity contribution is 7.47. The van der Waals surface area contributed by atoms with Gasteiger partial charge in [-0.05, 0) is 6.16 Å². The van der Waals surface area contributed by atoms with E-state index >= 15 is 0 Å². The number of rotatable bonds is 3. The number of anilines is 1. The molecule has 2 heterocycles. The number of benzene rings is 1. The van der Waals surface area contributed by atoms with E-state index < -0.39 is 0 Å². The number of pyridine rings is 1. The lowest BCUT2D eigenvalue weighted by Gasteiger charge is -2.06. The van der Waals surface area contributed by atoms with Crippen molar-refractivity contribution in [3.05, 3.63) is 36.5 Å². The Morgan fingerprint density at radius 3 is 2.79 bits per heavy atom. The molecule has 0 spiro atoms. The van der Waals surface area contributed by atoms with Gasteiger partial charge < -0.3 is 5.73 Å². The van der Waals surface area contributed by atoms with Crippen LogP contribution in [-0.2, 0) is 0 Å². The van der Waals surface area contributed by atoms with E-state index in [1.807, 2.05) is 36.5 Å². The highest BCUT2D eigenvalue weighted by Gasteiger charge is 2.14. The lowest BCUT2D eigenvalue weighted by atomic mass is 10.1. The number of aromatic amines is 1. The summed E-state index contributed by atoms with van der Waals surface area (Å²) in [6.45, 7) is 2.16. The molecule has 0 amide bonds. The summed E-state index contributed by atoms with van der Waals surface area (Å²) in [4.78, 5) is 4.60. The lowest BCUT2D eigenvalue weighted by molar-refractivity contribution is 1.13. The third-order valence-electron chi connectivity index (χ3n) is 3.04. The average Bonchev–Trinajstić information content (AvgIpc) is 2.84. The van der Waals surface area contributed by atoms with Gasteiger partial charge in [-0.1, -0.05) is 45.8 Å². The van der Waals surface area contributed by atoms with Crippen LogP contribution in [0.4, 0.5) is 5.82 Å².